The molecule has 0 atom stereocenters. The zero-order valence-corrected chi connectivity index (χ0v) is 18.3. The van der Waals surface area contributed by atoms with Crippen molar-refractivity contribution in [2.45, 2.75) is 12.3 Å². The van der Waals surface area contributed by atoms with Crippen molar-refractivity contribution in [3.63, 3.8) is 0 Å². The summed E-state index contributed by atoms with van der Waals surface area (Å²) in [7, 11) is 1.76. The molecule has 33 heavy (non-hydrogen) atoms. The van der Waals surface area contributed by atoms with Gasteiger partial charge < -0.3 is 9.88 Å². The van der Waals surface area contributed by atoms with Gasteiger partial charge in [-0.1, -0.05) is 66.7 Å². The third-order valence-corrected chi connectivity index (χ3v) is 6.06. The molecule has 164 valence electrons. The number of nitrogens with zero attached hydrogens (tertiary/aromatic N) is 3. The maximum absolute atomic E-state index is 13.0. The molecular weight excluding hydrogens is 412 g/mol. The lowest BCUT2D eigenvalue weighted by Crippen LogP contribution is -2.27. The molecule has 0 unspecified atom stereocenters. The van der Waals surface area contributed by atoms with Crippen LogP contribution in [0.1, 0.15) is 34.0 Å². The number of fused-ring (bicyclic) bond motifs is 2. The standard InChI is InChI=1S/C27H24N4O2/c1-30-23(18-22-25(30)29-24-14-8-9-17-31(24)27(22)33)26(32)28-16-15-21(19-10-4-2-5-11-19)20-12-6-3-7-13-20/h2-14,17-18,21H,15-16H2,1H3,(H,28,32). The molecule has 1 N–H and O–H groups in total. The first-order chi connectivity index (χ1) is 16.1. The van der Waals surface area contributed by atoms with E-state index in [0.29, 0.717) is 28.9 Å². The molecule has 3 aromatic heterocycles. The summed E-state index contributed by atoms with van der Waals surface area (Å²) in [4.78, 5) is 30.5. The van der Waals surface area contributed by atoms with Crippen LogP contribution in [0.15, 0.2) is 95.9 Å². The average molecular weight is 437 g/mol. The topological polar surface area (TPSA) is 68.4 Å². The minimum atomic E-state index is -0.219. The van der Waals surface area contributed by atoms with Gasteiger partial charge in [0, 0.05) is 25.7 Å². The summed E-state index contributed by atoms with van der Waals surface area (Å²) in [5.74, 6) is -0.0411. The molecule has 0 bridgehead atoms. The zero-order chi connectivity index (χ0) is 22.8. The molecule has 1 amide bonds. The molecule has 2 aromatic carbocycles. The Hall–Kier alpha value is -4.19. The molecule has 0 aliphatic rings. The normalized spacial score (nSPS) is 11.3. The van der Waals surface area contributed by atoms with Crippen LogP contribution < -0.4 is 10.9 Å². The van der Waals surface area contributed by atoms with Crippen LogP contribution in [-0.4, -0.2) is 26.4 Å². The van der Waals surface area contributed by atoms with Gasteiger partial charge in [0.2, 0.25) is 0 Å². The van der Waals surface area contributed by atoms with Crippen LogP contribution in [0, 0.1) is 0 Å². The Morgan fingerprint density at radius 2 is 1.58 bits per heavy atom. The Balaban J connectivity index is 1.38. The Kier molecular flexibility index (Phi) is 5.48. The van der Waals surface area contributed by atoms with Gasteiger partial charge in [-0.25, -0.2) is 4.98 Å². The number of hydrogen-bond acceptors (Lipinski definition) is 3. The van der Waals surface area contributed by atoms with Gasteiger partial charge in [0.05, 0.1) is 5.39 Å². The van der Waals surface area contributed by atoms with E-state index in [2.05, 4.69) is 34.6 Å². The van der Waals surface area contributed by atoms with Crippen LogP contribution >= 0.6 is 0 Å². The van der Waals surface area contributed by atoms with E-state index in [1.165, 1.54) is 15.5 Å². The highest BCUT2D eigenvalue weighted by molar-refractivity contribution is 5.98. The lowest BCUT2D eigenvalue weighted by atomic mass is 9.88. The smallest absolute Gasteiger partial charge is 0.267 e. The van der Waals surface area contributed by atoms with Crippen molar-refractivity contribution in [1.82, 2.24) is 19.3 Å². The number of carbonyl (C=O) groups is 1. The van der Waals surface area contributed by atoms with Crippen LogP contribution in [0.2, 0.25) is 0 Å². The van der Waals surface area contributed by atoms with Crippen molar-refractivity contribution in [3.05, 3.63) is 118 Å². The van der Waals surface area contributed by atoms with Gasteiger partial charge in [0.25, 0.3) is 11.5 Å². The van der Waals surface area contributed by atoms with E-state index in [0.717, 1.165) is 6.42 Å². The molecule has 0 spiro atoms. The summed E-state index contributed by atoms with van der Waals surface area (Å²) in [6.45, 7) is 0.503. The van der Waals surface area contributed by atoms with E-state index in [4.69, 9.17) is 0 Å². The fraction of sp³-hybridized carbons (Fsp3) is 0.148. The number of aryl methyl sites for hydroxylation is 1. The minimum Gasteiger partial charge on any atom is -0.351 e. The van der Waals surface area contributed by atoms with Gasteiger partial charge in [-0.2, -0.15) is 0 Å². The largest absolute Gasteiger partial charge is 0.351 e. The number of rotatable bonds is 6. The maximum Gasteiger partial charge on any atom is 0.267 e. The van der Waals surface area contributed by atoms with Gasteiger partial charge in [0.1, 0.15) is 17.0 Å². The van der Waals surface area contributed by atoms with Crippen LogP contribution in [0.4, 0.5) is 0 Å². The fourth-order valence-corrected chi connectivity index (χ4v) is 4.36. The second-order valence-electron chi connectivity index (χ2n) is 8.09. The van der Waals surface area contributed by atoms with Crippen molar-refractivity contribution in [2.75, 3.05) is 6.54 Å². The first kappa shape index (κ1) is 20.7. The number of carbonyl (C=O) groups excluding carboxylic acids is 1. The van der Waals surface area contributed by atoms with E-state index in [1.807, 2.05) is 42.5 Å². The van der Waals surface area contributed by atoms with Gasteiger partial charge in [0.15, 0.2) is 0 Å². The van der Waals surface area contributed by atoms with Crippen LogP contribution in [0.25, 0.3) is 16.7 Å². The third kappa shape index (κ3) is 3.91. The molecule has 3 heterocycles. The Labute approximate surface area is 191 Å². The number of nitrogens with one attached hydrogen (secondary N) is 1. The molecule has 0 aliphatic carbocycles. The van der Waals surface area contributed by atoms with E-state index in [1.54, 1.807) is 36.0 Å². The van der Waals surface area contributed by atoms with E-state index >= 15 is 0 Å². The Bertz CT molecular complexity index is 1450. The fourth-order valence-electron chi connectivity index (χ4n) is 4.36. The van der Waals surface area contributed by atoms with Crippen LogP contribution in [0.3, 0.4) is 0 Å². The Morgan fingerprint density at radius 3 is 2.24 bits per heavy atom. The van der Waals surface area contributed by atoms with Gasteiger partial charge in [-0.15, -0.1) is 0 Å². The molecule has 0 saturated carbocycles. The van der Waals surface area contributed by atoms with Gasteiger partial charge in [-0.3, -0.25) is 14.0 Å². The molecule has 0 fully saturated rings. The van der Waals surface area contributed by atoms with Crippen LogP contribution in [-0.2, 0) is 7.05 Å². The van der Waals surface area contributed by atoms with Crippen LogP contribution in [0.5, 0.6) is 0 Å². The van der Waals surface area contributed by atoms with Crippen molar-refractivity contribution in [3.8, 4) is 0 Å². The van der Waals surface area contributed by atoms with E-state index in [-0.39, 0.29) is 17.4 Å². The molecule has 5 rings (SSSR count). The zero-order valence-electron chi connectivity index (χ0n) is 18.3. The maximum atomic E-state index is 13.0. The predicted octanol–water partition coefficient (Wildman–Crippen LogP) is 4.14. The monoisotopic (exact) mass is 436 g/mol. The summed E-state index contributed by atoms with van der Waals surface area (Å²) in [5, 5.41) is 3.46. The highest BCUT2D eigenvalue weighted by atomic mass is 16.2. The predicted molar refractivity (Wildman–Crippen MR) is 130 cm³/mol. The summed E-state index contributed by atoms with van der Waals surface area (Å²) < 4.78 is 3.18. The quantitative estimate of drug-likeness (QED) is 0.435. The number of hydrogen-bond donors (Lipinski definition) is 1. The lowest BCUT2D eigenvalue weighted by Gasteiger charge is -2.18. The molecular formula is C27H24N4O2. The van der Waals surface area contributed by atoms with Gasteiger partial charge >= 0.3 is 0 Å². The first-order valence-corrected chi connectivity index (χ1v) is 11.0. The van der Waals surface area contributed by atoms with Crippen molar-refractivity contribution in [1.29, 1.82) is 0 Å². The number of benzene rings is 2. The molecule has 5 aromatic rings. The average Bonchev–Trinajstić information content (AvgIpc) is 3.19. The number of pyridine rings is 1. The molecule has 0 aliphatic heterocycles. The highest BCUT2D eigenvalue weighted by Crippen LogP contribution is 2.27. The Morgan fingerprint density at radius 1 is 0.939 bits per heavy atom. The van der Waals surface area contributed by atoms with E-state index < -0.39 is 0 Å². The lowest BCUT2D eigenvalue weighted by molar-refractivity contribution is 0.0945. The summed E-state index contributed by atoms with van der Waals surface area (Å²) in [6, 6.07) is 27.7. The van der Waals surface area contributed by atoms with Crippen molar-refractivity contribution >= 4 is 22.6 Å². The minimum absolute atomic E-state index is 0.178. The van der Waals surface area contributed by atoms with Gasteiger partial charge in [-0.05, 0) is 35.7 Å². The number of aromatic nitrogens is 3. The highest BCUT2D eigenvalue weighted by Gasteiger charge is 2.19. The van der Waals surface area contributed by atoms with E-state index in [9.17, 15) is 9.59 Å². The first-order valence-electron chi connectivity index (χ1n) is 11.0. The molecule has 6 nitrogen and oxygen atoms in total. The molecule has 0 radical (unpaired) electrons. The third-order valence-electron chi connectivity index (χ3n) is 6.06. The molecule has 0 saturated heterocycles. The second-order valence-corrected chi connectivity index (χ2v) is 8.09. The van der Waals surface area contributed by atoms with Crippen molar-refractivity contribution < 1.29 is 4.79 Å². The second kappa shape index (κ2) is 8.74. The summed E-state index contributed by atoms with van der Waals surface area (Å²) in [5.41, 5.74) is 3.72. The number of amides is 1. The summed E-state index contributed by atoms with van der Waals surface area (Å²) in [6.07, 6.45) is 2.44. The summed E-state index contributed by atoms with van der Waals surface area (Å²) >= 11 is 0. The van der Waals surface area contributed by atoms with Crippen molar-refractivity contribution in [2.24, 2.45) is 7.05 Å². The molecule has 6 heteroatoms. The SMILES string of the molecule is Cn1c(C(=O)NCCC(c2ccccc2)c2ccccc2)cc2c(=O)n3ccccc3nc21.